The molecule has 1 saturated heterocycles. The van der Waals surface area contributed by atoms with Crippen LogP contribution in [0.4, 0.5) is 0 Å². The van der Waals surface area contributed by atoms with Crippen molar-refractivity contribution < 1.29 is 13.2 Å². The van der Waals surface area contributed by atoms with Crippen LogP contribution in [0.1, 0.15) is 12.0 Å². The normalized spacial score (nSPS) is 18.8. The van der Waals surface area contributed by atoms with Crippen molar-refractivity contribution in [1.82, 2.24) is 9.21 Å². The standard InChI is InChI=1S/C13H21BrN2O3S2/c1-11-10-12(20-13(11)14)21(17,18)16-5-3-4-15(6-7-16)8-9-19-2/h10H,3-9H2,1-2H3. The zero-order valence-corrected chi connectivity index (χ0v) is 15.6. The lowest BCUT2D eigenvalue weighted by molar-refractivity contribution is 0.151. The van der Waals surface area contributed by atoms with Gasteiger partial charge in [0.05, 0.1) is 10.4 Å². The minimum absolute atomic E-state index is 0.428. The highest BCUT2D eigenvalue weighted by Crippen LogP contribution is 2.32. The van der Waals surface area contributed by atoms with Gasteiger partial charge in [-0.05, 0) is 47.4 Å². The van der Waals surface area contributed by atoms with Crippen LogP contribution in [0.5, 0.6) is 0 Å². The van der Waals surface area contributed by atoms with Crippen LogP contribution in [-0.2, 0) is 14.8 Å². The maximum absolute atomic E-state index is 12.7. The summed E-state index contributed by atoms with van der Waals surface area (Å²) in [5.41, 5.74) is 0.968. The first-order valence-corrected chi connectivity index (χ1v) is 9.97. The van der Waals surface area contributed by atoms with Gasteiger partial charge in [0.15, 0.2) is 0 Å². The second-order valence-corrected chi connectivity index (χ2v) is 9.65. The second kappa shape index (κ2) is 7.52. The van der Waals surface area contributed by atoms with E-state index >= 15 is 0 Å². The first kappa shape index (κ1) is 17.4. The molecule has 0 amide bonds. The molecule has 0 radical (unpaired) electrons. The Morgan fingerprint density at radius 3 is 2.71 bits per heavy atom. The number of ether oxygens (including phenoxy) is 1. The lowest BCUT2D eigenvalue weighted by Crippen LogP contribution is -2.35. The number of sulfonamides is 1. The number of halogens is 1. The monoisotopic (exact) mass is 396 g/mol. The topological polar surface area (TPSA) is 49.9 Å². The van der Waals surface area contributed by atoms with E-state index in [1.54, 1.807) is 17.5 Å². The maximum Gasteiger partial charge on any atom is 0.252 e. The van der Waals surface area contributed by atoms with Crippen LogP contribution < -0.4 is 0 Å². The molecule has 0 spiro atoms. The van der Waals surface area contributed by atoms with E-state index in [2.05, 4.69) is 20.8 Å². The molecule has 0 atom stereocenters. The number of thiophene rings is 1. The summed E-state index contributed by atoms with van der Waals surface area (Å²) in [6, 6.07) is 1.75. The van der Waals surface area contributed by atoms with E-state index in [0.29, 0.717) is 23.9 Å². The molecular formula is C13H21BrN2O3S2. The van der Waals surface area contributed by atoms with E-state index in [0.717, 1.165) is 35.4 Å². The first-order chi connectivity index (χ1) is 9.95. The van der Waals surface area contributed by atoms with Crippen molar-refractivity contribution in [3.8, 4) is 0 Å². The quantitative estimate of drug-likeness (QED) is 0.764. The average molecular weight is 397 g/mol. The van der Waals surface area contributed by atoms with Gasteiger partial charge >= 0.3 is 0 Å². The molecule has 1 aromatic rings. The highest BCUT2D eigenvalue weighted by molar-refractivity contribution is 9.11. The molecule has 2 heterocycles. The number of nitrogens with zero attached hydrogens (tertiary/aromatic N) is 2. The lowest BCUT2D eigenvalue weighted by Gasteiger charge is -2.20. The predicted molar refractivity (Wildman–Crippen MR) is 88.4 cm³/mol. The molecule has 0 bridgehead atoms. The third-order valence-electron chi connectivity index (χ3n) is 3.59. The molecule has 0 N–H and O–H groups in total. The number of methoxy groups -OCH3 is 1. The molecule has 0 unspecified atom stereocenters. The van der Waals surface area contributed by atoms with Crippen molar-refractivity contribution in [1.29, 1.82) is 0 Å². The van der Waals surface area contributed by atoms with Gasteiger partial charge in [0.2, 0.25) is 0 Å². The van der Waals surface area contributed by atoms with Crippen LogP contribution in [0.25, 0.3) is 0 Å². The molecule has 1 aliphatic rings. The molecule has 2 rings (SSSR count). The summed E-state index contributed by atoms with van der Waals surface area (Å²) in [6.07, 6.45) is 0.856. The van der Waals surface area contributed by atoms with Gasteiger partial charge in [-0.1, -0.05) is 0 Å². The van der Waals surface area contributed by atoms with Gasteiger partial charge in [-0.25, -0.2) is 8.42 Å². The summed E-state index contributed by atoms with van der Waals surface area (Å²) in [7, 11) is -1.68. The minimum atomic E-state index is -3.37. The Balaban J connectivity index is 2.07. The smallest absolute Gasteiger partial charge is 0.252 e. The van der Waals surface area contributed by atoms with Crippen molar-refractivity contribution in [3.63, 3.8) is 0 Å². The minimum Gasteiger partial charge on any atom is -0.383 e. The molecule has 5 nitrogen and oxygen atoms in total. The Morgan fingerprint density at radius 1 is 1.33 bits per heavy atom. The van der Waals surface area contributed by atoms with Gasteiger partial charge in [0, 0.05) is 33.3 Å². The lowest BCUT2D eigenvalue weighted by atomic mass is 10.4. The SMILES string of the molecule is COCCN1CCCN(S(=O)(=O)c2cc(C)c(Br)s2)CC1. The van der Waals surface area contributed by atoms with Gasteiger partial charge in [-0.15, -0.1) is 11.3 Å². The molecule has 0 aliphatic carbocycles. The number of hydrogen-bond acceptors (Lipinski definition) is 5. The highest BCUT2D eigenvalue weighted by Gasteiger charge is 2.28. The van der Waals surface area contributed by atoms with Crippen molar-refractivity contribution >= 4 is 37.3 Å². The molecular weight excluding hydrogens is 376 g/mol. The van der Waals surface area contributed by atoms with Crippen molar-refractivity contribution in [3.05, 3.63) is 15.4 Å². The molecule has 0 aromatic carbocycles. The van der Waals surface area contributed by atoms with Crippen LogP contribution in [0.2, 0.25) is 0 Å². The van der Waals surface area contributed by atoms with Crippen molar-refractivity contribution in [2.24, 2.45) is 0 Å². The molecule has 1 aromatic heterocycles. The largest absolute Gasteiger partial charge is 0.383 e. The second-order valence-electron chi connectivity index (χ2n) is 5.11. The summed E-state index contributed by atoms with van der Waals surface area (Å²) in [6.45, 7) is 6.25. The van der Waals surface area contributed by atoms with Crippen LogP contribution in [0, 0.1) is 6.92 Å². The van der Waals surface area contributed by atoms with E-state index in [-0.39, 0.29) is 0 Å². The third-order valence-corrected chi connectivity index (χ3v) is 8.07. The van der Waals surface area contributed by atoms with E-state index in [1.165, 1.54) is 11.3 Å². The number of hydrogen-bond donors (Lipinski definition) is 0. The molecule has 0 saturated carbocycles. The van der Waals surface area contributed by atoms with Gasteiger partial charge in [0.25, 0.3) is 10.0 Å². The Morgan fingerprint density at radius 2 is 2.10 bits per heavy atom. The number of rotatable bonds is 5. The summed E-state index contributed by atoms with van der Waals surface area (Å²) in [4.78, 5) is 2.26. The fourth-order valence-electron chi connectivity index (χ4n) is 2.32. The maximum atomic E-state index is 12.7. The van der Waals surface area contributed by atoms with E-state index in [4.69, 9.17) is 4.74 Å². The summed E-state index contributed by atoms with van der Waals surface area (Å²) in [5.74, 6) is 0. The zero-order valence-electron chi connectivity index (χ0n) is 12.3. The summed E-state index contributed by atoms with van der Waals surface area (Å²) in [5, 5.41) is 0. The van der Waals surface area contributed by atoms with Crippen LogP contribution in [0.15, 0.2) is 14.1 Å². The third kappa shape index (κ3) is 4.27. The van der Waals surface area contributed by atoms with Crippen LogP contribution in [0.3, 0.4) is 0 Å². The van der Waals surface area contributed by atoms with E-state index in [9.17, 15) is 8.42 Å². The van der Waals surface area contributed by atoms with Gasteiger partial charge in [0.1, 0.15) is 4.21 Å². The average Bonchev–Trinajstić information content (AvgIpc) is 2.67. The van der Waals surface area contributed by atoms with Crippen LogP contribution in [-0.4, -0.2) is 64.1 Å². The van der Waals surface area contributed by atoms with Gasteiger partial charge in [-0.3, -0.25) is 4.90 Å². The van der Waals surface area contributed by atoms with Gasteiger partial charge in [-0.2, -0.15) is 4.31 Å². The predicted octanol–water partition coefficient (Wildman–Crippen LogP) is 2.16. The summed E-state index contributed by atoms with van der Waals surface area (Å²) >= 11 is 4.69. The van der Waals surface area contributed by atoms with E-state index in [1.807, 2.05) is 6.92 Å². The van der Waals surface area contributed by atoms with Crippen LogP contribution >= 0.6 is 27.3 Å². The Hall–Kier alpha value is 0.01000. The number of aryl methyl sites for hydroxylation is 1. The van der Waals surface area contributed by atoms with Gasteiger partial charge < -0.3 is 4.74 Å². The first-order valence-electron chi connectivity index (χ1n) is 6.92. The molecule has 1 aliphatic heterocycles. The fraction of sp³-hybridized carbons (Fsp3) is 0.692. The molecule has 1 fully saturated rings. The fourth-order valence-corrected chi connectivity index (χ4v) is 6.17. The summed E-state index contributed by atoms with van der Waals surface area (Å²) < 4.78 is 33.4. The molecule has 120 valence electrons. The van der Waals surface area contributed by atoms with Crippen molar-refractivity contribution in [2.75, 3.05) is 46.4 Å². The highest BCUT2D eigenvalue weighted by atomic mass is 79.9. The molecule has 21 heavy (non-hydrogen) atoms. The van der Waals surface area contributed by atoms with Crippen molar-refractivity contribution in [2.45, 2.75) is 17.6 Å². The Kier molecular flexibility index (Phi) is 6.22. The Bertz CT molecular complexity index is 554. The Labute approximate surface area is 139 Å². The van der Waals surface area contributed by atoms with E-state index < -0.39 is 10.0 Å². The zero-order chi connectivity index (χ0) is 15.5. The molecule has 8 heteroatoms.